The van der Waals surface area contributed by atoms with E-state index >= 15 is 0 Å². The van der Waals surface area contributed by atoms with Gasteiger partial charge < -0.3 is 25.2 Å². The van der Waals surface area contributed by atoms with Gasteiger partial charge in [-0.25, -0.2) is 0 Å². The third-order valence-corrected chi connectivity index (χ3v) is 2.92. The zero-order valence-corrected chi connectivity index (χ0v) is 10.6. The molecular weight excluding hydrogens is 224 g/mol. The van der Waals surface area contributed by atoms with Gasteiger partial charge in [-0.05, 0) is 37.5 Å². The minimum absolute atomic E-state index is 0.00357. The van der Waals surface area contributed by atoms with E-state index in [2.05, 4.69) is 0 Å². The molecule has 0 fully saturated rings. The number of aliphatic hydroxyl groups excluding tert-OH is 4. The van der Waals surface area contributed by atoms with E-state index in [4.69, 9.17) is 9.84 Å². The van der Waals surface area contributed by atoms with E-state index in [0.717, 1.165) is 6.42 Å². The van der Waals surface area contributed by atoms with Crippen LogP contribution in [0.25, 0.3) is 0 Å². The summed E-state index contributed by atoms with van der Waals surface area (Å²) in [5.41, 5.74) is 0. The largest absolute Gasteiger partial charge is 0.396 e. The highest BCUT2D eigenvalue weighted by molar-refractivity contribution is 4.69. The van der Waals surface area contributed by atoms with Crippen LogP contribution in [0.5, 0.6) is 0 Å². The Balaban J connectivity index is 3.98. The van der Waals surface area contributed by atoms with E-state index in [0.29, 0.717) is 19.3 Å². The van der Waals surface area contributed by atoms with Crippen LogP contribution in [0.3, 0.4) is 0 Å². The molecule has 0 aliphatic carbocycles. The monoisotopic (exact) mass is 250 g/mol. The number of hydrogen-bond acceptors (Lipinski definition) is 5. The van der Waals surface area contributed by atoms with Gasteiger partial charge in [0.2, 0.25) is 0 Å². The zero-order valence-electron chi connectivity index (χ0n) is 10.6. The van der Waals surface area contributed by atoms with Gasteiger partial charge in [-0.15, -0.1) is 0 Å². The van der Waals surface area contributed by atoms with Crippen molar-refractivity contribution in [3.63, 3.8) is 0 Å². The van der Waals surface area contributed by atoms with Crippen molar-refractivity contribution >= 4 is 0 Å². The van der Waals surface area contributed by atoms with Crippen LogP contribution in [0.2, 0.25) is 0 Å². The summed E-state index contributed by atoms with van der Waals surface area (Å²) in [7, 11) is 1.52. The van der Waals surface area contributed by atoms with Gasteiger partial charge in [-0.2, -0.15) is 0 Å². The second-order valence-electron chi connectivity index (χ2n) is 4.54. The van der Waals surface area contributed by atoms with Gasteiger partial charge in [0.15, 0.2) is 0 Å². The summed E-state index contributed by atoms with van der Waals surface area (Å²) in [4.78, 5) is 0. The fraction of sp³-hybridized carbons (Fsp3) is 1.00. The fourth-order valence-electron chi connectivity index (χ4n) is 2.03. The van der Waals surface area contributed by atoms with E-state index in [9.17, 15) is 15.3 Å². The first-order chi connectivity index (χ1) is 8.17. The van der Waals surface area contributed by atoms with E-state index < -0.39 is 6.10 Å². The highest BCUT2D eigenvalue weighted by atomic mass is 16.5. The molecule has 0 aromatic carbocycles. The van der Waals surface area contributed by atoms with Crippen LogP contribution in [0, 0.1) is 11.8 Å². The molecule has 0 amide bonds. The van der Waals surface area contributed by atoms with Crippen molar-refractivity contribution in [2.75, 3.05) is 33.5 Å². The van der Waals surface area contributed by atoms with Crippen LogP contribution in [-0.4, -0.2) is 60.1 Å². The summed E-state index contributed by atoms with van der Waals surface area (Å²) in [6, 6.07) is 0. The molecule has 0 heterocycles. The molecule has 0 aliphatic rings. The fourth-order valence-corrected chi connectivity index (χ4v) is 2.03. The van der Waals surface area contributed by atoms with E-state index in [-0.39, 0.29) is 38.3 Å². The summed E-state index contributed by atoms with van der Waals surface area (Å²) in [5.74, 6) is 0.0463. The second-order valence-corrected chi connectivity index (χ2v) is 4.54. The lowest BCUT2D eigenvalue weighted by molar-refractivity contribution is 0.0334. The summed E-state index contributed by atoms with van der Waals surface area (Å²) < 4.78 is 4.83. The third-order valence-electron chi connectivity index (χ3n) is 2.92. The smallest absolute Gasteiger partial charge is 0.0777 e. The molecule has 17 heavy (non-hydrogen) atoms. The Morgan fingerprint density at radius 3 is 2.12 bits per heavy atom. The van der Waals surface area contributed by atoms with Crippen LogP contribution in [0.15, 0.2) is 0 Å². The van der Waals surface area contributed by atoms with E-state index in [1.165, 1.54) is 7.11 Å². The molecule has 3 unspecified atom stereocenters. The van der Waals surface area contributed by atoms with Crippen LogP contribution >= 0.6 is 0 Å². The molecule has 3 atom stereocenters. The quantitative estimate of drug-likeness (QED) is 0.406. The van der Waals surface area contributed by atoms with Gasteiger partial charge in [0.05, 0.1) is 12.7 Å². The standard InChI is InChI=1S/C12H26O5/c1-17-9-12(16)6-11(8-15)5-10(7-14)3-2-4-13/h10-16H,2-9H2,1H3. The zero-order chi connectivity index (χ0) is 13.1. The normalized spacial score (nSPS) is 16.8. The minimum atomic E-state index is -0.575. The lowest BCUT2D eigenvalue weighted by Gasteiger charge is -2.22. The second kappa shape index (κ2) is 10.9. The number of ether oxygens (including phenoxy) is 1. The number of hydrogen-bond donors (Lipinski definition) is 4. The Morgan fingerprint density at radius 1 is 1.00 bits per heavy atom. The van der Waals surface area contributed by atoms with Crippen LogP contribution < -0.4 is 0 Å². The summed E-state index contributed by atoms with van der Waals surface area (Å²) >= 11 is 0. The molecule has 5 nitrogen and oxygen atoms in total. The minimum Gasteiger partial charge on any atom is -0.396 e. The number of aliphatic hydroxyl groups is 4. The summed E-state index contributed by atoms with van der Waals surface area (Å²) in [6.07, 6.45) is 1.95. The third kappa shape index (κ3) is 8.51. The Hall–Kier alpha value is -0.200. The molecule has 5 heteroatoms. The van der Waals surface area contributed by atoms with Crippen molar-refractivity contribution in [3.8, 4) is 0 Å². The molecule has 0 aromatic rings. The lowest BCUT2D eigenvalue weighted by Crippen LogP contribution is -2.23. The summed E-state index contributed by atoms with van der Waals surface area (Å²) in [6.45, 7) is 0.427. The topological polar surface area (TPSA) is 90.2 Å². The maximum atomic E-state index is 9.57. The van der Waals surface area contributed by atoms with Crippen molar-refractivity contribution in [1.29, 1.82) is 0 Å². The molecule has 0 saturated carbocycles. The molecule has 0 spiro atoms. The Bertz CT molecular complexity index is 165. The molecule has 0 saturated heterocycles. The highest BCUT2D eigenvalue weighted by Gasteiger charge is 2.18. The van der Waals surface area contributed by atoms with Crippen molar-refractivity contribution in [2.24, 2.45) is 11.8 Å². The molecule has 0 radical (unpaired) electrons. The van der Waals surface area contributed by atoms with Gasteiger partial charge >= 0.3 is 0 Å². The van der Waals surface area contributed by atoms with Crippen molar-refractivity contribution < 1.29 is 25.2 Å². The molecule has 104 valence electrons. The maximum absolute atomic E-state index is 9.57. The predicted molar refractivity (Wildman–Crippen MR) is 64.6 cm³/mol. The summed E-state index contributed by atoms with van der Waals surface area (Å²) in [5, 5.41) is 36.7. The first-order valence-electron chi connectivity index (χ1n) is 6.17. The Labute approximate surface area is 103 Å². The molecule has 0 aromatic heterocycles. The van der Waals surface area contributed by atoms with Gasteiger partial charge in [0, 0.05) is 26.9 Å². The van der Waals surface area contributed by atoms with Crippen LogP contribution in [-0.2, 0) is 4.74 Å². The van der Waals surface area contributed by atoms with E-state index in [1.807, 2.05) is 0 Å². The molecule has 0 aliphatic heterocycles. The lowest BCUT2D eigenvalue weighted by atomic mass is 9.88. The molecule has 0 bridgehead atoms. The van der Waals surface area contributed by atoms with Crippen LogP contribution in [0.1, 0.15) is 25.7 Å². The van der Waals surface area contributed by atoms with Gasteiger partial charge in [0.1, 0.15) is 0 Å². The average molecular weight is 250 g/mol. The molecule has 0 rings (SSSR count). The van der Waals surface area contributed by atoms with Gasteiger partial charge in [-0.3, -0.25) is 0 Å². The molecular formula is C12H26O5. The van der Waals surface area contributed by atoms with Crippen molar-refractivity contribution in [2.45, 2.75) is 31.8 Å². The van der Waals surface area contributed by atoms with Crippen LogP contribution in [0.4, 0.5) is 0 Å². The van der Waals surface area contributed by atoms with Gasteiger partial charge in [0.25, 0.3) is 0 Å². The Morgan fingerprint density at radius 2 is 1.65 bits per heavy atom. The predicted octanol–water partition coefficient (Wildman–Crippen LogP) is -0.237. The van der Waals surface area contributed by atoms with Gasteiger partial charge in [-0.1, -0.05) is 0 Å². The maximum Gasteiger partial charge on any atom is 0.0777 e. The van der Waals surface area contributed by atoms with Crippen molar-refractivity contribution in [1.82, 2.24) is 0 Å². The highest BCUT2D eigenvalue weighted by Crippen LogP contribution is 2.20. The Kier molecular flexibility index (Phi) is 10.8. The molecule has 4 N–H and O–H groups in total. The first-order valence-corrected chi connectivity index (χ1v) is 6.17. The first kappa shape index (κ1) is 16.8. The number of rotatable bonds is 11. The SMILES string of the molecule is COCC(O)CC(CO)CC(CO)CCCO. The van der Waals surface area contributed by atoms with E-state index in [1.54, 1.807) is 0 Å². The van der Waals surface area contributed by atoms with Crippen molar-refractivity contribution in [3.05, 3.63) is 0 Å². The average Bonchev–Trinajstić information content (AvgIpc) is 2.33. The number of methoxy groups -OCH3 is 1.